The minimum atomic E-state index is -4.63. The second-order valence-corrected chi connectivity index (χ2v) is 14.8. The average Bonchev–Trinajstić information content (AvgIpc) is 3.89. The zero-order chi connectivity index (χ0) is 40.8. The van der Waals surface area contributed by atoms with E-state index in [0.29, 0.717) is 45.7 Å². The van der Waals surface area contributed by atoms with Crippen LogP contribution in [-0.4, -0.2) is 106 Å². The number of halogens is 4. The maximum Gasteiger partial charge on any atom is 0.405 e. The number of nitrogens with one attached hydrogen (secondary N) is 2. The number of benzene rings is 2. The van der Waals surface area contributed by atoms with Gasteiger partial charge in [-0.1, -0.05) is 29.8 Å². The van der Waals surface area contributed by atoms with Crippen molar-refractivity contribution in [3.8, 4) is 28.4 Å². The fraction of sp³-hybridized carbons (Fsp3) is 0.366. The first-order valence-electron chi connectivity index (χ1n) is 18.8. The summed E-state index contributed by atoms with van der Waals surface area (Å²) in [6.07, 6.45) is -2.32. The van der Waals surface area contributed by atoms with Crippen LogP contribution in [0.3, 0.4) is 0 Å². The highest BCUT2D eigenvalue weighted by Crippen LogP contribution is 2.33. The Morgan fingerprint density at radius 2 is 1.78 bits per heavy atom. The van der Waals surface area contributed by atoms with Gasteiger partial charge in [-0.05, 0) is 61.0 Å². The topological polar surface area (TPSA) is 166 Å². The molecule has 3 aromatic heterocycles. The summed E-state index contributed by atoms with van der Waals surface area (Å²) in [7, 11) is 0. The Morgan fingerprint density at radius 3 is 2.55 bits per heavy atom. The number of carbonyl (C=O) groups excluding carboxylic acids is 2. The van der Waals surface area contributed by atoms with Gasteiger partial charge in [0.25, 0.3) is 0 Å². The minimum absolute atomic E-state index is 0.0332. The molecule has 0 spiro atoms. The molecule has 2 aliphatic rings. The van der Waals surface area contributed by atoms with E-state index >= 15 is 0 Å². The summed E-state index contributed by atoms with van der Waals surface area (Å²) in [6, 6.07) is 19.4. The number of hydrogen-bond donors (Lipinski definition) is 4. The van der Waals surface area contributed by atoms with Gasteiger partial charge in [0.05, 0.1) is 24.9 Å². The zero-order valence-corrected chi connectivity index (χ0v) is 31.9. The number of hydrogen-bond acceptors (Lipinski definition) is 11. The highest BCUT2D eigenvalue weighted by molar-refractivity contribution is 6.30. The third-order valence-electron chi connectivity index (χ3n) is 10.2. The van der Waals surface area contributed by atoms with Crippen molar-refractivity contribution in [2.75, 3.05) is 39.3 Å². The first-order valence-corrected chi connectivity index (χ1v) is 19.1. The number of fused-ring (bicyclic) bond motifs is 1. The molecule has 5 atom stereocenters. The predicted octanol–water partition coefficient (Wildman–Crippen LogP) is 5.04. The van der Waals surface area contributed by atoms with Gasteiger partial charge < -0.3 is 34.4 Å². The number of ether oxygens (including phenoxy) is 1. The van der Waals surface area contributed by atoms with E-state index in [9.17, 15) is 33.0 Å². The lowest BCUT2D eigenvalue weighted by molar-refractivity contribution is -0.143. The van der Waals surface area contributed by atoms with E-state index in [-0.39, 0.29) is 51.5 Å². The van der Waals surface area contributed by atoms with Gasteiger partial charge in [-0.25, -0.2) is 4.98 Å². The number of amides is 2. The molecule has 2 aromatic carbocycles. The van der Waals surface area contributed by atoms with Gasteiger partial charge in [-0.2, -0.15) is 13.2 Å². The molecule has 0 unspecified atom stereocenters. The molecule has 0 bridgehead atoms. The van der Waals surface area contributed by atoms with Gasteiger partial charge >= 0.3 is 6.18 Å². The predicted molar refractivity (Wildman–Crippen MR) is 205 cm³/mol. The number of para-hydroxylation sites is 1. The fourth-order valence-electron chi connectivity index (χ4n) is 7.25. The number of piperazine rings is 1. The second kappa shape index (κ2) is 18.1. The quantitative estimate of drug-likeness (QED) is 0.119. The summed E-state index contributed by atoms with van der Waals surface area (Å²) in [4.78, 5) is 39.5. The second-order valence-electron chi connectivity index (χ2n) is 14.4. The van der Waals surface area contributed by atoms with Crippen molar-refractivity contribution in [1.82, 2.24) is 30.4 Å². The average molecular weight is 823 g/mol. The first kappa shape index (κ1) is 40.9. The van der Waals surface area contributed by atoms with Crippen LogP contribution < -0.4 is 15.4 Å². The number of nitrogens with zero attached hydrogens (tertiary/aromatic N) is 4. The van der Waals surface area contributed by atoms with Crippen LogP contribution in [0.2, 0.25) is 5.02 Å². The molecule has 306 valence electrons. The van der Waals surface area contributed by atoms with E-state index in [4.69, 9.17) is 25.2 Å². The molecule has 7 rings (SSSR count). The maximum atomic E-state index is 14.1. The third-order valence-corrected chi connectivity index (χ3v) is 10.4. The number of rotatable bonds is 14. The monoisotopic (exact) mass is 822 g/mol. The molecular formula is C41H42ClF3N6O7. The number of aliphatic hydroxyl groups excluding tert-OH is 2. The summed E-state index contributed by atoms with van der Waals surface area (Å²) in [5.41, 5.74) is 2.08. The van der Waals surface area contributed by atoms with Crippen molar-refractivity contribution in [3.05, 3.63) is 114 Å². The van der Waals surface area contributed by atoms with Crippen LogP contribution in [0.4, 0.5) is 13.2 Å². The van der Waals surface area contributed by atoms with Gasteiger partial charge in [0.2, 0.25) is 11.8 Å². The number of carbonyl (C=O) groups is 2. The van der Waals surface area contributed by atoms with Crippen molar-refractivity contribution in [2.45, 2.75) is 49.9 Å². The molecule has 13 nitrogen and oxygen atoms in total. The van der Waals surface area contributed by atoms with Crippen molar-refractivity contribution in [3.63, 3.8) is 0 Å². The van der Waals surface area contributed by atoms with Crippen LogP contribution >= 0.6 is 11.6 Å². The molecule has 1 saturated heterocycles. The lowest BCUT2D eigenvalue weighted by Gasteiger charge is -2.41. The summed E-state index contributed by atoms with van der Waals surface area (Å²) in [6.45, 7) is -0.719. The van der Waals surface area contributed by atoms with Gasteiger partial charge in [-0.15, -0.1) is 0 Å². The highest BCUT2D eigenvalue weighted by atomic mass is 35.5. The Labute approximate surface area is 336 Å². The van der Waals surface area contributed by atoms with Gasteiger partial charge in [0, 0.05) is 72.6 Å². The van der Waals surface area contributed by atoms with E-state index < -0.39 is 54.7 Å². The molecule has 5 aromatic rings. The molecule has 17 heteroatoms. The summed E-state index contributed by atoms with van der Waals surface area (Å²) >= 11 is 6.02. The van der Waals surface area contributed by atoms with E-state index in [1.165, 1.54) is 6.20 Å². The maximum absolute atomic E-state index is 14.1. The molecule has 1 fully saturated rings. The van der Waals surface area contributed by atoms with Gasteiger partial charge in [0.1, 0.15) is 42.6 Å². The van der Waals surface area contributed by atoms with E-state index in [1.807, 2.05) is 28.4 Å². The largest absolute Gasteiger partial charge is 0.490 e. The number of pyridine rings is 1. The van der Waals surface area contributed by atoms with Gasteiger partial charge in [0.15, 0.2) is 11.7 Å². The zero-order valence-electron chi connectivity index (χ0n) is 31.1. The Kier molecular flexibility index (Phi) is 12.8. The van der Waals surface area contributed by atoms with Crippen molar-refractivity contribution >= 4 is 23.4 Å². The summed E-state index contributed by atoms with van der Waals surface area (Å²) in [5, 5.41) is 28.0. The third kappa shape index (κ3) is 10.4. The van der Waals surface area contributed by atoms with Crippen LogP contribution in [0, 0.1) is 5.92 Å². The number of furan rings is 1. The lowest BCUT2D eigenvalue weighted by Crippen LogP contribution is -2.60. The molecule has 58 heavy (non-hydrogen) atoms. The van der Waals surface area contributed by atoms with Crippen LogP contribution in [0.5, 0.6) is 5.75 Å². The SMILES string of the molecule is O=C(N[C@H]1c2ccccc2OC[C@H]1O)[C@H](Cc1ncc(-c2cccnc2)o1)C[C@H](O)CN1CCN(Cc2ccc(-c3ccc(Cl)cc3)o2)C[C@H]1C(=O)NCC(F)(F)F. The van der Waals surface area contributed by atoms with Crippen molar-refractivity contribution < 1.29 is 46.5 Å². The Balaban J connectivity index is 1.06. The number of oxazole rings is 1. The number of aromatic nitrogens is 2. The smallest absolute Gasteiger partial charge is 0.405 e. The lowest BCUT2D eigenvalue weighted by atomic mass is 9.93. The summed E-state index contributed by atoms with van der Waals surface area (Å²) < 4.78 is 57.3. The fourth-order valence-corrected chi connectivity index (χ4v) is 7.38. The number of β-amino-alcohol motifs (C(OH)–C–C–N with tert-alkyl or cyclic N) is 1. The highest BCUT2D eigenvalue weighted by Gasteiger charge is 2.38. The summed E-state index contributed by atoms with van der Waals surface area (Å²) in [5.74, 6) is 0.0857. The standard InChI is InChI=1S/C41H42ClF3N6O7/c42-28-9-7-25(8-10-28)34-12-11-30(57-34)21-50-14-15-51(32(22-50)40(55)48-24-41(43,44)45)20-29(52)16-27(17-37-47-19-36(58-37)26-4-3-13-46-18-26)39(54)49-38-31-5-1-2-6-35(31)56-23-33(38)53/h1-13,18-19,27,29,32-33,38,52-53H,14-17,20-24H2,(H,48,55)(H,49,54)/t27-,29-,32-,33+,38-/m0/s1. The Bertz CT molecular complexity index is 2150. The Hall–Kier alpha value is -5.26. The normalized spacial score (nSPS) is 19.8. The van der Waals surface area contributed by atoms with E-state index in [2.05, 4.69) is 15.3 Å². The van der Waals surface area contributed by atoms with Crippen LogP contribution in [0.25, 0.3) is 22.6 Å². The van der Waals surface area contributed by atoms with E-state index in [0.717, 1.165) is 5.56 Å². The molecular weight excluding hydrogens is 781 g/mol. The molecule has 2 amide bonds. The number of aliphatic hydroxyl groups is 2. The molecule has 0 aliphatic carbocycles. The molecule has 0 radical (unpaired) electrons. The molecule has 0 saturated carbocycles. The van der Waals surface area contributed by atoms with Crippen LogP contribution in [0.15, 0.2) is 100 Å². The minimum Gasteiger partial charge on any atom is -0.490 e. The van der Waals surface area contributed by atoms with Crippen LogP contribution in [-0.2, 0) is 22.6 Å². The Morgan fingerprint density at radius 1 is 0.966 bits per heavy atom. The van der Waals surface area contributed by atoms with Crippen molar-refractivity contribution in [1.29, 1.82) is 0 Å². The number of alkyl halides is 3. The van der Waals surface area contributed by atoms with Crippen LogP contribution in [0.1, 0.15) is 29.7 Å². The molecule has 4 N–H and O–H groups in total. The molecule has 2 aliphatic heterocycles. The van der Waals surface area contributed by atoms with Gasteiger partial charge in [-0.3, -0.25) is 24.4 Å². The van der Waals surface area contributed by atoms with E-state index in [1.54, 1.807) is 71.9 Å². The first-order chi connectivity index (χ1) is 27.9. The van der Waals surface area contributed by atoms with Crippen molar-refractivity contribution in [2.24, 2.45) is 5.92 Å². The molecule has 5 heterocycles.